The van der Waals surface area contributed by atoms with E-state index in [1.54, 1.807) is 13.8 Å². The van der Waals surface area contributed by atoms with Gasteiger partial charge in [0.1, 0.15) is 37.4 Å². The molecule has 0 saturated carbocycles. The van der Waals surface area contributed by atoms with E-state index in [1.165, 1.54) is 52.1 Å². The normalized spacial score (nSPS) is 17.5. The molecule has 79 heavy (non-hydrogen) atoms. The van der Waals surface area contributed by atoms with Gasteiger partial charge in [0.15, 0.2) is 21.1 Å². The number of anilines is 2. The summed E-state index contributed by atoms with van der Waals surface area (Å²) in [6.07, 6.45) is -2.88. The van der Waals surface area contributed by atoms with E-state index < -0.39 is 136 Å². The molecule has 0 spiro atoms. The van der Waals surface area contributed by atoms with Crippen molar-refractivity contribution in [3.63, 3.8) is 0 Å². The number of benzene rings is 3. The van der Waals surface area contributed by atoms with Gasteiger partial charge in [0.05, 0.1) is 34.9 Å². The molecule has 0 bridgehead atoms. The van der Waals surface area contributed by atoms with Crippen molar-refractivity contribution in [2.24, 2.45) is 5.11 Å². The zero-order valence-electron chi connectivity index (χ0n) is 40.0. The fraction of sp³-hybridized carbons (Fsp3) is 0.308. The minimum absolute atomic E-state index is 0.00889. The number of nitrogens with zero attached hydrogens (tertiary/aromatic N) is 5. The molecule has 13 N–H and O–H groups in total. The molecule has 1 fully saturated rings. The number of nitrogens with two attached hydrogens (primary N) is 2. The van der Waals surface area contributed by atoms with Crippen molar-refractivity contribution < 1.29 is 106 Å². The van der Waals surface area contributed by atoms with Gasteiger partial charge in [-0.15, -0.1) is 0 Å². The number of nitrogens with one attached hydrogen (secondary N) is 2. The number of carbonyl (C=O) groups is 2. The lowest BCUT2D eigenvalue weighted by atomic mass is 9.89. The Balaban J connectivity index is 1.09. The number of hydrogen-bond donors (Lipinski definition) is 11. The fourth-order valence-electron chi connectivity index (χ4n) is 7.35. The Morgan fingerprint density at radius 1 is 1.03 bits per heavy atom. The molecule has 426 valence electrons. The van der Waals surface area contributed by atoms with E-state index in [-0.39, 0.29) is 64.5 Å². The maximum atomic E-state index is 13.5. The Kier molecular flexibility index (Phi) is 19.4. The summed E-state index contributed by atoms with van der Waals surface area (Å²) in [5.41, 5.74) is 16.9. The van der Waals surface area contributed by atoms with Crippen LogP contribution in [0.1, 0.15) is 52.8 Å². The van der Waals surface area contributed by atoms with Crippen LogP contribution in [0, 0.1) is 17.3 Å². The Morgan fingerprint density at radius 2 is 1.71 bits per heavy atom. The second-order valence-electron chi connectivity index (χ2n) is 16.6. The second-order valence-corrected chi connectivity index (χ2v) is 26.7. The second kappa shape index (κ2) is 24.5. The molecule has 1 amide bonds. The van der Waals surface area contributed by atoms with Gasteiger partial charge >= 0.3 is 35.1 Å². The molecule has 3 aliphatic rings. The number of aromatic carboxylic acids is 1. The first-order valence-electron chi connectivity index (χ1n) is 21.4. The highest BCUT2D eigenvalue weighted by atomic mass is 33.1. The molecular weight excluding hydrogens is 1200 g/mol. The molecule has 3 aromatic rings. The third-order valence-corrected chi connectivity index (χ3v) is 19.1. The van der Waals surface area contributed by atoms with E-state index >= 15 is 0 Å². The van der Waals surface area contributed by atoms with E-state index in [0.717, 1.165) is 22.8 Å². The number of azide groups is 1. The summed E-state index contributed by atoms with van der Waals surface area (Å²) < 4.78 is 140. The largest absolute Gasteiger partial charge is 0.490 e. The van der Waals surface area contributed by atoms with Crippen LogP contribution in [-0.2, 0) is 61.3 Å². The average molecular weight is 1240 g/mol. The lowest BCUT2D eigenvalue weighted by Gasteiger charge is -2.23. The Morgan fingerprint density at radius 3 is 2.35 bits per heavy atom. The highest BCUT2D eigenvalue weighted by Crippen LogP contribution is 2.66. The molecular formula is C39H42N9O24P3S4. The Bertz CT molecular complexity index is 3840. The molecule has 33 nitrogen and oxygen atoms in total. The van der Waals surface area contributed by atoms with E-state index in [4.69, 9.17) is 50.8 Å². The summed E-state index contributed by atoms with van der Waals surface area (Å²) >= 11 is 0. The van der Waals surface area contributed by atoms with Crippen LogP contribution in [0.5, 0.6) is 0 Å². The molecule has 3 heterocycles. The average Bonchev–Trinajstić information content (AvgIpc) is 3.88. The SMILES string of the molecule is CC(C)(CNC(=O)c1ccc(-c2c3ccc(=N)c(S(=O)(=O)O)c-3oc3c(S(=O)(=O)O)c(N)ccc23)c(C(=O)O)c1)SSCOCC#Cc1cn([C@H]2CC(OCN=[N+]=[N-])[C@@H](COP(=O)(O)OP(=O)(O)OP(=O)(O)O)O2)c(=O)nc1N. The molecule has 40 heteroatoms. The highest BCUT2D eigenvalue weighted by Gasteiger charge is 2.44. The first-order valence-corrected chi connectivity index (χ1v) is 31.1. The summed E-state index contributed by atoms with van der Waals surface area (Å²) in [6, 6.07) is 7.84. The molecule has 1 saturated heterocycles. The van der Waals surface area contributed by atoms with Crippen molar-refractivity contribution in [1.82, 2.24) is 14.9 Å². The number of aromatic nitrogens is 2. The van der Waals surface area contributed by atoms with Gasteiger partial charge in [-0.05, 0) is 61.3 Å². The van der Waals surface area contributed by atoms with Crippen molar-refractivity contribution in [2.45, 2.75) is 53.2 Å². The summed E-state index contributed by atoms with van der Waals surface area (Å²) in [4.78, 5) is 80.3. The van der Waals surface area contributed by atoms with Crippen molar-refractivity contribution in [3.8, 4) is 34.3 Å². The number of ether oxygens (including phenoxy) is 3. The molecule has 2 aromatic carbocycles. The van der Waals surface area contributed by atoms with Gasteiger partial charge < -0.3 is 60.1 Å². The number of hydrogen-bond acceptors (Lipinski definition) is 24. The smallest absolute Gasteiger partial charge is 0.478 e. The maximum Gasteiger partial charge on any atom is 0.490 e. The fourth-order valence-corrected chi connectivity index (χ4v) is 14.0. The van der Waals surface area contributed by atoms with Crippen molar-refractivity contribution in [2.75, 3.05) is 43.9 Å². The minimum Gasteiger partial charge on any atom is -0.478 e. The highest BCUT2D eigenvalue weighted by molar-refractivity contribution is 8.77. The van der Waals surface area contributed by atoms with Crippen molar-refractivity contribution >= 4 is 99.6 Å². The third-order valence-electron chi connectivity index (χ3n) is 10.5. The van der Waals surface area contributed by atoms with Crippen LogP contribution < -0.4 is 27.8 Å². The summed E-state index contributed by atoms with van der Waals surface area (Å²) in [7, 11) is -25.1. The molecule has 1 aliphatic carbocycles. The predicted molar refractivity (Wildman–Crippen MR) is 275 cm³/mol. The van der Waals surface area contributed by atoms with Crippen LogP contribution in [0.4, 0.5) is 11.5 Å². The van der Waals surface area contributed by atoms with E-state index in [0.29, 0.717) is 0 Å². The van der Waals surface area contributed by atoms with Crippen LogP contribution in [-0.4, -0.2) is 121 Å². The zero-order valence-corrected chi connectivity index (χ0v) is 46.0. The van der Waals surface area contributed by atoms with E-state index in [9.17, 15) is 68.9 Å². The number of amides is 1. The number of carbonyl (C=O) groups excluding carboxylic acids is 1. The summed E-state index contributed by atoms with van der Waals surface area (Å²) in [6.45, 7) is 1.80. The van der Waals surface area contributed by atoms with Gasteiger partial charge in [-0.1, -0.05) is 44.6 Å². The van der Waals surface area contributed by atoms with Crippen LogP contribution >= 0.6 is 45.1 Å². The monoisotopic (exact) mass is 1240 g/mol. The topological polar surface area (TPSA) is 535 Å². The number of nitrogen functional groups attached to an aromatic ring is 2. The van der Waals surface area contributed by atoms with Gasteiger partial charge in [0.25, 0.3) is 26.1 Å². The predicted octanol–water partition coefficient (Wildman–Crippen LogP) is 3.80. The molecule has 2 aliphatic heterocycles. The van der Waals surface area contributed by atoms with Crippen LogP contribution in [0.15, 0.2) is 72.8 Å². The standard InChI is InChI=1S/C39H42N9O24P3S4/c1-39(2,16-44-36(49)19-5-6-21(24(12-19)37(50)51)30-22-7-9-25(40)33(78(60,61)62)31(22)70-32-23(30)8-10-26(41)34(32)79(63,64)65)77-76-18-66-11-3-4-20-14-48(38(52)46-35(20)42)29-13-27(67-17-45-47-43)28(69-29)15-68-74(56,57)72-75(58,59)71-73(53,54)55/h5-10,12,14,27-29,40H,11,13,15-18,41H2,1-2H3,(H,44,49)(H,50,51)(H,56,57)(H,58,59)(H2,42,46,52)(H2,53,54,55)(H,60,61,62)(H,63,64,65)/t27?,28-,29-/m1/s1. The lowest BCUT2D eigenvalue weighted by molar-refractivity contribution is -0.0601. The summed E-state index contributed by atoms with van der Waals surface area (Å²) in [5.74, 6) is 2.05. The van der Waals surface area contributed by atoms with Crippen LogP contribution in [0.2, 0.25) is 0 Å². The minimum atomic E-state index is -5.86. The molecule has 5 atom stereocenters. The van der Waals surface area contributed by atoms with Gasteiger partial charge in [0.2, 0.25) is 0 Å². The molecule has 1 aromatic heterocycles. The first kappa shape index (κ1) is 62.4. The van der Waals surface area contributed by atoms with Crippen molar-refractivity contribution in [1.29, 1.82) is 5.41 Å². The van der Waals surface area contributed by atoms with Gasteiger partial charge in [-0.2, -0.15) is 30.4 Å². The first-order chi connectivity index (χ1) is 36.6. The van der Waals surface area contributed by atoms with Gasteiger partial charge in [0, 0.05) is 50.9 Å². The maximum absolute atomic E-state index is 13.5. The number of phosphoric ester groups is 1. The zero-order chi connectivity index (χ0) is 58.6. The molecule has 6 rings (SSSR count). The van der Waals surface area contributed by atoms with Crippen LogP contribution in [0.25, 0.3) is 43.9 Å². The van der Waals surface area contributed by atoms with Crippen molar-refractivity contribution in [3.05, 3.63) is 91.6 Å². The van der Waals surface area contributed by atoms with Gasteiger partial charge in [-0.3, -0.25) is 28.4 Å². The quantitative estimate of drug-likeness (QED) is 0.00379. The van der Waals surface area contributed by atoms with Gasteiger partial charge in [-0.25, -0.2) is 23.3 Å². The number of carboxylic acids is 1. The molecule has 0 radical (unpaired) electrons. The van der Waals surface area contributed by atoms with E-state index in [1.807, 2.05) is 0 Å². The number of phosphoric acid groups is 3. The van der Waals surface area contributed by atoms with Crippen LogP contribution in [0.3, 0.4) is 0 Å². The lowest BCUT2D eigenvalue weighted by Crippen LogP contribution is -2.36. The Hall–Kier alpha value is -5.77. The van der Waals surface area contributed by atoms with E-state index in [2.05, 4.69) is 45.3 Å². The number of fused-ring (bicyclic) bond motifs is 2. The Labute approximate surface area is 451 Å². The third kappa shape index (κ3) is 16.0. The number of rotatable bonds is 23. The molecule has 3 unspecified atom stereocenters. The number of carboxylic acid groups (broad SMARTS) is 1. The summed E-state index contributed by atoms with van der Waals surface area (Å²) in [5, 5.41) is 23.6.